The molecule has 0 aliphatic rings. The van der Waals surface area contributed by atoms with E-state index in [1.54, 1.807) is 12.1 Å². The van der Waals surface area contributed by atoms with E-state index in [1.165, 1.54) is 23.9 Å². The van der Waals surface area contributed by atoms with Crippen LogP contribution in [-0.2, 0) is 0 Å². The molecule has 0 amide bonds. The number of aryl methyl sites for hydroxylation is 2. The second-order valence-electron chi connectivity index (χ2n) is 4.40. The normalized spacial score (nSPS) is 12.4. The number of nitrogens with zero attached hydrogens (tertiary/aromatic N) is 2. The topological polar surface area (TPSA) is 51.8 Å². The van der Waals surface area contributed by atoms with Gasteiger partial charge in [-0.3, -0.25) is 0 Å². The van der Waals surface area contributed by atoms with Crippen molar-refractivity contribution in [2.24, 2.45) is 5.73 Å². The minimum Gasteiger partial charge on any atom is -0.323 e. The zero-order chi connectivity index (χ0) is 13.8. The molecule has 19 heavy (non-hydrogen) atoms. The molecule has 0 fully saturated rings. The molecule has 0 saturated heterocycles. The first kappa shape index (κ1) is 14.0. The Hall–Kier alpha value is -1.46. The third-order valence-electron chi connectivity index (χ3n) is 2.65. The molecule has 0 aliphatic carbocycles. The van der Waals surface area contributed by atoms with E-state index in [9.17, 15) is 4.39 Å². The van der Waals surface area contributed by atoms with E-state index >= 15 is 0 Å². The zero-order valence-corrected chi connectivity index (χ0v) is 11.7. The fourth-order valence-corrected chi connectivity index (χ4v) is 2.67. The van der Waals surface area contributed by atoms with Gasteiger partial charge in [0, 0.05) is 23.2 Å². The lowest BCUT2D eigenvalue weighted by atomic mass is 10.1. The number of benzene rings is 1. The van der Waals surface area contributed by atoms with Gasteiger partial charge >= 0.3 is 0 Å². The summed E-state index contributed by atoms with van der Waals surface area (Å²) in [4.78, 5) is 8.70. The van der Waals surface area contributed by atoms with Crippen LogP contribution in [0.25, 0.3) is 0 Å². The Morgan fingerprint density at radius 2 is 1.74 bits per heavy atom. The highest BCUT2D eigenvalue weighted by atomic mass is 32.2. The molecule has 100 valence electrons. The predicted octanol–water partition coefficient (Wildman–Crippen LogP) is 3.02. The van der Waals surface area contributed by atoms with Crippen molar-refractivity contribution in [2.75, 3.05) is 5.75 Å². The van der Waals surface area contributed by atoms with Crippen LogP contribution in [-0.4, -0.2) is 15.7 Å². The molecule has 0 spiro atoms. The van der Waals surface area contributed by atoms with E-state index in [0.717, 1.165) is 22.1 Å². The van der Waals surface area contributed by atoms with Crippen molar-refractivity contribution in [3.05, 3.63) is 53.1 Å². The monoisotopic (exact) mass is 277 g/mol. The summed E-state index contributed by atoms with van der Waals surface area (Å²) in [5.74, 6) is 0.412. The molecule has 1 aromatic carbocycles. The summed E-state index contributed by atoms with van der Waals surface area (Å²) >= 11 is 1.51. The predicted molar refractivity (Wildman–Crippen MR) is 75.6 cm³/mol. The van der Waals surface area contributed by atoms with Crippen LogP contribution >= 0.6 is 11.8 Å². The van der Waals surface area contributed by atoms with E-state index in [-0.39, 0.29) is 11.9 Å². The molecule has 1 aromatic heterocycles. The molecule has 2 N–H and O–H groups in total. The Balaban J connectivity index is 1.99. The van der Waals surface area contributed by atoms with E-state index < -0.39 is 0 Å². The Bertz CT molecular complexity index is 537. The summed E-state index contributed by atoms with van der Waals surface area (Å²) in [6.07, 6.45) is 0. The van der Waals surface area contributed by atoms with Crippen molar-refractivity contribution in [1.29, 1.82) is 0 Å². The third kappa shape index (κ3) is 4.01. The lowest BCUT2D eigenvalue weighted by Gasteiger charge is -2.11. The molecule has 2 rings (SSSR count). The maximum atomic E-state index is 12.8. The number of nitrogens with two attached hydrogens (primary N) is 1. The molecular formula is C14H16FN3S. The van der Waals surface area contributed by atoms with Crippen molar-refractivity contribution in [1.82, 2.24) is 9.97 Å². The van der Waals surface area contributed by atoms with Crippen LogP contribution in [0.15, 0.2) is 35.5 Å². The molecule has 1 atom stereocenters. The Morgan fingerprint density at radius 3 is 2.32 bits per heavy atom. The maximum Gasteiger partial charge on any atom is 0.188 e. The second kappa shape index (κ2) is 6.12. The fraction of sp³-hybridized carbons (Fsp3) is 0.286. The van der Waals surface area contributed by atoms with E-state index in [0.29, 0.717) is 5.75 Å². The van der Waals surface area contributed by atoms with Crippen LogP contribution in [0, 0.1) is 19.7 Å². The molecule has 0 saturated carbocycles. The summed E-state index contributed by atoms with van der Waals surface area (Å²) in [5, 5.41) is 0.732. The van der Waals surface area contributed by atoms with E-state index in [1.807, 2.05) is 19.9 Å². The number of aromatic nitrogens is 2. The van der Waals surface area contributed by atoms with Crippen molar-refractivity contribution in [2.45, 2.75) is 25.0 Å². The van der Waals surface area contributed by atoms with Gasteiger partial charge in [0.1, 0.15) is 5.82 Å². The van der Waals surface area contributed by atoms with Crippen molar-refractivity contribution in [3.63, 3.8) is 0 Å². The fourth-order valence-electron chi connectivity index (χ4n) is 1.73. The van der Waals surface area contributed by atoms with Gasteiger partial charge in [0.25, 0.3) is 0 Å². The van der Waals surface area contributed by atoms with Crippen LogP contribution in [0.2, 0.25) is 0 Å². The summed E-state index contributed by atoms with van der Waals surface area (Å²) in [7, 11) is 0. The lowest BCUT2D eigenvalue weighted by Crippen LogP contribution is -2.13. The van der Waals surface area contributed by atoms with Crippen molar-refractivity contribution >= 4 is 11.8 Å². The van der Waals surface area contributed by atoms with Crippen LogP contribution < -0.4 is 5.73 Å². The van der Waals surface area contributed by atoms with Crippen LogP contribution in [0.4, 0.5) is 4.39 Å². The molecule has 1 heterocycles. The van der Waals surface area contributed by atoms with E-state index in [4.69, 9.17) is 5.73 Å². The van der Waals surface area contributed by atoms with Gasteiger partial charge in [0.05, 0.1) is 0 Å². The Morgan fingerprint density at radius 1 is 1.16 bits per heavy atom. The van der Waals surface area contributed by atoms with Crippen LogP contribution in [0.3, 0.4) is 0 Å². The average molecular weight is 277 g/mol. The maximum absolute atomic E-state index is 12.8. The van der Waals surface area contributed by atoms with Gasteiger partial charge in [-0.05, 0) is 37.6 Å². The number of hydrogen-bond acceptors (Lipinski definition) is 4. The number of hydrogen-bond donors (Lipinski definition) is 1. The minimum absolute atomic E-state index is 0.157. The zero-order valence-electron chi connectivity index (χ0n) is 10.9. The standard InChI is InChI=1S/C14H16FN3S/c1-9-7-10(2)18-14(17-9)19-8-13(16)11-3-5-12(15)6-4-11/h3-7,13H,8,16H2,1-2H3. The van der Waals surface area contributed by atoms with Crippen molar-refractivity contribution < 1.29 is 4.39 Å². The van der Waals surface area contributed by atoms with Gasteiger partial charge in [-0.1, -0.05) is 23.9 Å². The molecule has 0 aliphatic heterocycles. The van der Waals surface area contributed by atoms with Crippen LogP contribution in [0.1, 0.15) is 23.0 Å². The summed E-state index contributed by atoms with van der Waals surface area (Å²) in [6, 6.07) is 8.05. The SMILES string of the molecule is Cc1cc(C)nc(SCC(N)c2ccc(F)cc2)n1. The van der Waals surface area contributed by atoms with Crippen LogP contribution in [0.5, 0.6) is 0 Å². The number of rotatable bonds is 4. The van der Waals surface area contributed by atoms with Crippen molar-refractivity contribution in [3.8, 4) is 0 Å². The summed E-state index contributed by atoms with van der Waals surface area (Å²) < 4.78 is 12.8. The van der Waals surface area contributed by atoms with Gasteiger partial charge in [-0.25, -0.2) is 14.4 Å². The van der Waals surface area contributed by atoms with Gasteiger partial charge < -0.3 is 5.73 Å². The number of halogens is 1. The first-order valence-corrected chi connectivity index (χ1v) is 6.99. The molecule has 5 heteroatoms. The lowest BCUT2D eigenvalue weighted by molar-refractivity contribution is 0.626. The van der Waals surface area contributed by atoms with Gasteiger partial charge in [0.15, 0.2) is 5.16 Å². The van der Waals surface area contributed by atoms with Gasteiger partial charge in [0.2, 0.25) is 0 Å². The van der Waals surface area contributed by atoms with Gasteiger partial charge in [-0.15, -0.1) is 0 Å². The van der Waals surface area contributed by atoms with E-state index in [2.05, 4.69) is 9.97 Å². The average Bonchev–Trinajstić information content (AvgIpc) is 2.36. The first-order chi connectivity index (χ1) is 9.04. The smallest absolute Gasteiger partial charge is 0.188 e. The third-order valence-corrected chi connectivity index (χ3v) is 3.62. The molecular weight excluding hydrogens is 261 g/mol. The summed E-state index contributed by atoms with van der Waals surface area (Å²) in [6.45, 7) is 3.89. The second-order valence-corrected chi connectivity index (χ2v) is 5.39. The molecule has 1 unspecified atom stereocenters. The molecule has 0 radical (unpaired) electrons. The first-order valence-electron chi connectivity index (χ1n) is 6.01. The highest BCUT2D eigenvalue weighted by Gasteiger charge is 2.08. The summed E-state index contributed by atoms with van der Waals surface area (Å²) in [5.41, 5.74) is 8.88. The Labute approximate surface area is 116 Å². The molecule has 0 bridgehead atoms. The highest BCUT2D eigenvalue weighted by molar-refractivity contribution is 7.99. The largest absolute Gasteiger partial charge is 0.323 e. The highest BCUT2D eigenvalue weighted by Crippen LogP contribution is 2.21. The van der Waals surface area contributed by atoms with Gasteiger partial charge in [-0.2, -0.15) is 0 Å². The Kier molecular flexibility index (Phi) is 4.50. The minimum atomic E-state index is -0.249. The molecule has 2 aromatic rings. The number of thioether (sulfide) groups is 1. The quantitative estimate of drug-likeness (QED) is 0.689. The molecule has 3 nitrogen and oxygen atoms in total.